The van der Waals surface area contributed by atoms with Crippen molar-refractivity contribution >= 4 is 27.6 Å². The molecule has 0 bridgehead atoms. The van der Waals surface area contributed by atoms with E-state index in [0.717, 1.165) is 0 Å². The van der Waals surface area contributed by atoms with Crippen LogP contribution in [-0.2, 0) is 14.6 Å². The molecule has 0 unspecified atom stereocenters. The van der Waals surface area contributed by atoms with Gasteiger partial charge in [0.2, 0.25) is 0 Å². The summed E-state index contributed by atoms with van der Waals surface area (Å²) >= 11 is 1.51. The van der Waals surface area contributed by atoms with Crippen molar-refractivity contribution in [3.05, 3.63) is 0 Å². The highest BCUT2D eigenvalue weighted by atomic mass is 32.2. The number of nitrogens with two attached hydrogens (primary N) is 1. The van der Waals surface area contributed by atoms with Gasteiger partial charge in [-0.3, -0.25) is 0 Å². The van der Waals surface area contributed by atoms with E-state index in [-0.39, 0.29) is 11.5 Å². The monoisotopic (exact) mass is 283 g/mol. The minimum Gasteiger partial charge on any atom is -0.544 e. The first kappa shape index (κ1) is 14.7. The molecule has 0 aromatic heterocycles. The van der Waals surface area contributed by atoms with Crippen LogP contribution in [0.3, 0.4) is 0 Å². The molecule has 0 aliphatic carbocycles. The molecule has 1 aliphatic rings. The SMILES string of the molecule is CSCC[C@H]([NH2+][C@H]1CS(=O)(=O)C[C@@H]1O)C(=O)[O-]. The Labute approximate surface area is 105 Å². The lowest BCUT2D eigenvalue weighted by Gasteiger charge is -2.21. The Morgan fingerprint density at radius 2 is 2.24 bits per heavy atom. The van der Waals surface area contributed by atoms with Crippen LogP contribution >= 0.6 is 11.8 Å². The van der Waals surface area contributed by atoms with Crippen LogP contribution in [0.1, 0.15) is 6.42 Å². The number of carboxylic acid groups (broad SMARTS) is 1. The number of hydrogen-bond donors (Lipinski definition) is 2. The van der Waals surface area contributed by atoms with E-state index in [1.165, 1.54) is 17.1 Å². The standard InChI is InChI=1S/C9H17NO5S2/c1-16-3-2-6(9(12)13)10-7-4-17(14,15)5-8(7)11/h6-8,10-11H,2-5H2,1H3,(H,12,13)/t6-,7-,8-/m0/s1. The Morgan fingerprint density at radius 3 is 2.65 bits per heavy atom. The number of hydrogen-bond acceptors (Lipinski definition) is 6. The first-order valence-corrected chi connectivity index (χ1v) is 8.50. The van der Waals surface area contributed by atoms with Crippen molar-refractivity contribution in [2.45, 2.75) is 24.6 Å². The Balaban J connectivity index is 2.58. The van der Waals surface area contributed by atoms with Gasteiger partial charge in [0.25, 0.3) is 0 Å². The van der Waals surface area contributed by atoms with Crippen molar-refractivity contribution in [1.82, 2.24) is 0 Å². The number of aliphatic hydroxyl groups excluding tert-OH is 1. The largest absolute Gasteiger partial charge is 0.544 e. The number of aliphatic hydroxyl groups is 1. The second-order valence-electron chi connectivity index (χ2n) is 4.21. The molecule has 1 rings (SSSR count). The van der Waals surface area contributed by atoms with Crippen molar-refractivity contribution in [3.63, 3.8) is 0 Å². The van der Waals surface area contributed by atoms with Gasteiger partial charge in [0.15, 0.2) is 9.84 Å². The number of aliphatic carboxylic acids is 1. The first-order valence-electron chi connectivity index (χ1n) is 5.29. The van der Waals surface area contributed by atoms with Gasteiger partial charge in [-0.25, -0.2) is 8.42 Å². The van der Waals surface area contributed by atoms with E-state index in [0.29, 0.717) is 12.2 Å². The van der Waals surface area contributed by atoms with Gasteiger partial charge in [0, 0.05) is 6.42 Å². The van der Waals surface area contributed by atoms with Crippen LogP contribution in [0.2, 0.25) is 0 Å². The average molecular weight is 283 g/mol. The van der Waals surface area contributed by atoms with Gasteiger partial charge in [0.05, 0.1) is 11.7 Å². The van der Waals surface area contributed by atoms with E-state index < -0.39 is 34.0 Å². The van der Waals surface area contributed by atoms with Crippen LogP contribution in [0.25, 0.3) is 0 Å². The first-order chi connectivity index (χ1) is 7.85. The van der Waals surface area contributed by atoms with Gasteiger partial charge in [-0.05, 0) is 12.0 Å². The van der Waals surface area contributed by atoms with Crippen molar-refractivity contribution in [3.8, 4) is 0 Å². The van der Waals surface area contributed by atoms with Crippen LogP contribution in [0, 0.1) is 0 Å². The van der Waals surface area contributed by atoms with E-state index in [1.54, 1.807) is 0 Å². The predicted molar refractivity (Wildman–Crippen MR) is 62.2 cm³/mol. The maximum absolute atomic E-state index is 11.3. The summed E-state index contributed by atoms with van der Waals surface area (Å²) in [5.41, 5.74) is 0. The quantitative estimate of drug-likeness (QED) is 0.525. The Hall–Kier alpha value is -0.310. The third kappa shape index (κ3) is 4.46. The lowest BCUT2D eigenvalue weighted by atomic mass is 10.1. The van der Waals surface area contributed by atoms with E-state index in [4.69, 9.17) is 0 Å². The molecule has 100 valence electrons. The summed E-state index contributed by atoms with van der Waals surface area (Å²) in [5.74, 6) is -1.01. The fourth-order valence-electron chi connectivity index (χ4n) is 1.88. The maximum atomic E-state index is 11.3. The van der Waals surface area contributed by atoms with Gasteiger partial charge >= 0.3 is 0 Å². The molecule has 0 amide bonds. The molecule has 17 heavy (non-hydrogen) atoms. The number of carbonyl (C=O) groups excluding carboxylic acids is 1. The molecule has 0 aromatic rings. The highest BCUT2D eigenvalue weighted by Crippen LogP contribution is 2.10. The lowest BCUT2D eigenvalue weighted by Crippen LogP contribution is -2.99. The van der Waals surface area contributed by atoms with Gasteiger partial charge in [-0.15, -0.1) is 0 Å². The molecule has 1 saturated heterocycles. The summed E-state index contributed by atoms with van der Waals surface area (Å²) in [6, 6.07) is -1.39. The number of carboxylic acids is 1. The molecule has 3 N–H and O–H groups in total. The Kier molecular flexibility index (Phi) is 5.23. The van der Waals surface area contributed by atoms with E-state index in [1.807, 2.05) is 6.26 Å². The fraction of sp³-hybridized carbons (Fsp3) is 0.889. The Bertz CT molecular complexity index is 370. The highest BCUT2D eigenvalue weighted by molar-refractivity contribution is 7.98. The molecule has 3 atom stereocenters. The number of rotatable bonds is 6. The van der Waals surface area contributed by atoms with Crippen molar-refractivity contribution in [1.29, 1.82) is 0 Å². The summed E-state index contributed by atoms with van der Waals surface area (Å²) in [5, 5.41) is 21.8. The zero-order valence-electron chi connectivity index (χ0n) is 9.53. The fourth-order valence-corrected chi connectivity index (χ4v) is 4.19. The maximum Gasteiger partial charge on any atom is 0.159 e. The second kappa shape index (κ2) is 6.03. The third-order valence-corrected chi connectivity index (χ3v) is 5.17. The molecule has 0 aromatic carbocycles. The van der Waals surface area contributed by atoms with Gasteiger partial charge in [0.1, 0.15) is 23.9 Å². The minimum absolute atomic E-state index is 0.169. The molecule has 1 fully saturated rings. The zero-order chi connectivity index (χ0) is 13.1. The minimum atomic E-state index is -3.24. The van der Waals surface area contributed by atoms with E-state index in [2.05, 4.69) is 0 Å². The number of carbonyl (C=O) groups is 1. The number of sulfone groups is 1. The molecular formula is C9H17NO5S2. The summed E-state index contributed by atoms with van der Waals surface area (Å²) in [6.45, 7) is 0. The number of quaternary nitrogens is 1. The molecule has 1 heterocycles. The smallest absolute Gasteiger partial charge is 0.159 e. The molecule has 1 aliphatic heterocycles. The average Bonchev–Trinajstić information content (AvgIpc) is 2.46. The second-order valence-corrected chi connectivity index (χ2v) is 7.35. The lowest BCUT2D eigenvalue weighted by molar-refractivity contribution is -0.716. The normalized spacial score (nSPS) is 29.1. The van der Waals surface area contributed by atoms with Crippen LogP contribution in [-0.4, -0.2) is 61.2 Å². The van der Waals surface area contributed by atoms with Crippen molar-refractivity contribution in [2.75, 3.05) is 23.5 Å². The van der Waals surface area contributed by atoms with Crippen molar-refractivity contribution in [2.24, 2.45) is 0 Å². The third-order valence-electron chi connectivity index (χ3n) is 2.78. The summed E-state index contributed by atoms with van der Waals surface area (Å²) in [6.07, 6.45) is 1.27. The molecule has 0 radical (unpaired) electrons. The van der Waals surface area contributed by atoms with E-state index >= 15 is 0 Å². The molecule has 0 spiro atoms. The highest BCUT2D eigenvalue weighted by Gasteiger charge is 2.40. The van der Waals surface area contributed by atoms with Crippen molar-refractivity contribution < 1.29 is 28.7 Å². The van der Waals surface area contributed by atoms with Crippen LogP contribution in [0.15, 0.2) is 0 Å². The molecule has 6 nitrogen and oxygen atoms in total. The predicted octanol–water partition coefficient (Wildman–Crippen LogP) is -3.42. The van der Waals surface area contributed by atoms with Crippen LogP contribution in [0.4, 0.5) is 0 Å². The summed E-state index contributed by atoms with van der Waals surface area (Å²) < 4.78 is 22.5. The molecule has 0 saturated carbocycles. The topological polar surface area (TPSA) is 111 Å². The van der Waals surface area contributed by atoms with Gasteiger partial charge < -0.3 is 20.3 Å². The van der Waals surface area contributed by atoms with Gasteiger partial charge in [-0.1, -0.05) is 0 Å². The van der Waals surface area contributed by atoms with Gasteiger partial charge in [-0.2, -0.15) is 11.8 Å². The zero-order valence-corrected chi connectivity index (χ0v) is 11.2. The summed E-state index contributed by atoms with van der Waals surface area (Å²) in [4.78, 5) is 10.9. The van der Waals surface area contributed by atoms with Crippen LogP contribution in [0.5, 0.6) is 0 Å². The number of thioether (sulfide) groups is 1. The van der Waals surface area contributed by atoms with E-state index in [9.17, 15) is 23.4 Å². The van der Waals surface area contributed by atoms with Crippen LogP contribution < -0.4 is 10.4 Å². The molecular weight excluding hydrogens is 266 g/mol. The molecule has 8 heteroatoms. The Morgan fingerprint density at radius 1 is 1.59 bits per heavy atom. The summed E-state index contributed by atoms with van der Waals surface area (Å²) in [7, 11) is -3.24.